The summed E-state index contributed by atoms with van der Waals surface area (Å²) in [6, 6.07) is 6.54. The van der Waals surface area contributed by atoms with Crippen molar-refractivity contribution >= 4 is 17.8 Å². The second kappa shape index (κ2) is 5.57. The lowest BCUT2D eigenvalue weighted by Gasteiger charge is -2.33. The summed E-state index contributed by atoms with van der Waals surface area (Å²) in [4.78, 5) is 38.0. The van der Waals surface area contributed by atoms with Crippen molar-refractivity contribution in [2.75, 3.05) is 13.2 Å². The minimum atomic E-state index is -1.13. The zero-order valence-corrected chi connectivity index (χ0v) is 13.1. The van der Waals surface area contributed by atoms with E-state index in [1.54, 1.807) is 18.2 Å². The monoisotopic (exact) mass is 317 g/mol. The Morgan fingerprint density at radius 3 is 2.87 bits per heavy atom. The van der Waals surface area contributed by atoms with Crippen LogP contribution in [0.5, 0.6) is 5.75 Å². The van der Waals surface area contributed by atoms with Gasteiger partial charge in [-0.1, -0.05) is 18.2 Å². The maximum absolute atomic E-state index is 12.9. The normalized spacial score (nSPS) is 22.8. The number of rotatable bonds is 3. The van der Waals surface area contributed by atoms with E-state index >= 15 is 0 Å². The van der Waals surface area contributed by atoms with E-state index in [2.05, 4.69) is 10.6 Å². The molecule has 2 aliphatic rings. The molecule has 1 fully saturated rings. The van der Waals surface area contributed by atoms with Crippen LogP contribution in [0.25, 0.3) is 0 Å². The summed E-state index contributed by atoms with van der Waals surface area (Å²) in [5, 5.41) is 5.45. The number of hydrogen-bond donors (Lipinski definition) is 2. The van der Waals surface area contributed by atoms with Crippen LogP contribution in [0.3, 0.4) is 0 Å². The van der Waals surface area contributed by atoms with Gasteiger partial charge in [-0.3, -0.25) is 14.5 Å². The lowest BCUT2D eigenvalue weighted by Crippen LogP contribution is -2.48. The summed E-state index contributed by atoms with van der Waals surface area (Å²) in [6.45, 7) is 3.68. The quantitative estimate of drug-likeness (QED) is 0.805. The van der Waals surface area contributed by atoms with Gasteiger partial charge in [0.25, 0.3) is 5.91 Å². The van der Waals surface area contributed by atoms with Crippen molar-refractivity contribution in [3.8, 4) is 5.75 Å². The third-order valence-electron chi connectivity index (χ3n) is 4.01. The molecule has 122 valence electrons. The highest BCUT2D eigenvalue weighted by Crippen LogP contribution is 2.40. The predicted octanol–water partition coefficient (Wildman–Crippen LogP) is 0.741. The van der Waals surface area contributed by atoms with Crippen molar-refractivity contribution in [3.05, 3.63) is 29.8 Å². The van der Waals surface area contributed by atoms with Crippen LogP contribution >= 0.6 is 0 Å². The molecule has 0 unspecified atom stereocenters. The number of carbonyl (C=O) groups excluding carboxylic acids is 3. The Bertz CT molecular complexity index is 673. The second-order valence-electron chi connectivity index (χ2n) is 6.04. The van der Waals surface area contributed by atoms with Gasteiger partial charge < -0.3 is 15.4 Å². The van der Waals surface area contributed by atoms with Gasteiger partial charge in [0, 0.05) is 18.0 Å². The zero-order chi connectivity index (χ0) is 16.6. The molecule has 0 aromatic heterocycles. The van der Waals surface area contributed by atoms with Gasteiger partial charge >= 0.3 is 6.03 Å². The molecule has 1 aromatic rings. The van der Waals surface area contributed by atoms with Gasteiger partial charge in [0.2, 0.25) is 5.91 Å². The Balaban J connectivity index is 1.89. The number of urea groups is 1. The van der Waals surface area contributed by atoms with E-state index in [0.29, 0.717) is 24.3 Å². The average Bonchev–Trinajstić information content (AvgIpc) is 2.72. The molecule has 0 saturated carbocycles. The molecule has 1 spiro atoms. The van der Waals surface area contributed by atoms with E-state index in [1.807, 2.05) is 19.9 Å². The largest absolute Gasteiger partial charge is 0.493 e. The molecule has 1 atom stereocenters. The minimum absolute atomic E-state index is 0.0546. The molecule has 2 heterocycles. The molecular weight excluding hydrogens is 298 g/mol. The Morgan fingerprint density at radius 1 is 1.39 bits per heavy atom. The number of para-hydroxylation sites is 1. The molecule has 2 aliphatic heterocycles. The van der Waals surface area contributed by atoms with E-state index in [9.17, 15) is 14.4 Å². The predicted molar refractivity (Wildman–Crippen MR) is 81.8 cm³/mol. The molecular formula is C16H19N3O4. The summed E-state index contributed by atoms with van der Waals surface area (Å²) in [5.41, 5.74) is -0.499. The summed E-state index contributed by atoms with van der Waals surface area (Å²) in [5.74, 6) is -0.182. The van der Waals surface area contributed by atoms with Crippen LogP contribution in [0, 0.1) is 0 Å². The molecule has 1 aromatic carbocycles. The van der Waals surface area contributed by atoms with Crippen LogP contribution in [0.15, 0.2) is 24.3 Å². The molecule has 23 heavy (non-hydrogen) atoms. The maximum Gasteiger partial charge on any atom is 0.325 e. The van der Waals surface area contributed by atoms with Gasteiger partial charge in [-0.25, -0.2) is 4.79 Å². The number of fused-ring (bicyclic) bond motifs is 2. The van der Waals surface area contributed by atoms with Crippen LogP contribution in [0.2, 0.25) is 0 Å². The molecule has 0 bridgehead atoms. The number of benzene rings is 1. The first-order chi connectivity index (χ1) is 10.9. The molecule has 0 aliphatic carbocycles. The van der Waals surface area contributed by atoms with E-state index in [0.717, 1.165) is 4.90 Å². The Labute approximate surface area is 134 Å². The fraction of sp³-hybridized carbons (Fsp3) is 0.438. The number of carbonyl (C=O) groups is 3. The van der Waals surface area contributed by atoms with E-state index in [-0.39, 0.29) is 18.5 Å². The van der Waals surface area contributed by atoms with Crippen molar-refractivity contribution in [2.24, 2.45) is 0 Å². The van der Waals surface area contributed by atoms with Crippen molar-refractivity contribution in [2.45, 2.75) is 31.8 Å². The number of hydrogen-bond acceptors (Lipinski definition) is 4. The molecule has 7 heteroatoms. The number of amides is 4. The fourth-order valence-electron chi connectivity index (χ4n) is 3.03. The van der Waals surface area contributed by atoms with Crippen LogP contribution < -0.4 is 15.4 Å². The van der Waals surface area contributed by atoms with E-state index in [1.165, 1.54) is 0 Å². The van der Waals surface area contributed by atoms with Crippen LogP contribution in [-0.4, -0.2) is 41.9 Å². The van der Waals surface area contributed by atoms with Gasteiger partial charge in [-0.15, -0.1) is 0 Å². The van der Waals surface area contributed by atoms with Gasteiger partial charge in [0.15, 0.2) is 5.54 Å². The molecule has 4 amide bonds. The zero-order valence-electron chi connectivity index (χ0n) is 13.1. The Morgan fingerprint density at radius 2 is 2.13 bits per heavy atom. The topological polar surface area (TPSA) is 87.7 Å². The van der Waals surface area contributed by atoms with Gasteiger partial charge in [0.05, 0.1) is 6.61 Å². The van der Waals surface area contributed by atoms with Gasteiger partial charge in [-0.2, -0.15) is 0 Å². The second-order valence-corrected chi connectivity index (χ2v) is 6.04. The van der Waals surface area contributed by atoms with Crippen molar-refractivity contribution in [1.82, 2.24) is 15.5 Å². The highest BCUT2D eigenvalue weighted by atomic mass is 16.5. The first kappa shape index (κ1) is 15.3. The number of nitrogens with zero attached hydrogens (tertiary/aromatic N) is 1. The SMILES string of the molecule is CC(C)NC(=O)CN1C(=O)N[C@@]2(CCOc3ccccc32)C1=O. The average molecular weight is 317 g/mol. The molecule has 2 N–H and O–H groups in total. The van der Waals surface area contributed by atoms with Crippen molar-refractivity contribution in [1.29, 1.82) is 0 Å². The van der Waals surface area contributed by atoms with Gasteiger partial charge in [0.1, 0.15) is 12.3 Å². The highest BCUT2D eigenvalue weighted by molar-refractivity contribution is 6.09. The smallest absolute Gasteiger partial charge is 0.325 e. The standard InChI is InChI=1S/C16H19N3O4/c1-10(2)17-13(20)9-19-14(21)16(18-15(19)22)7-8-23-12-6-4-3-5-11(12)16/h3-6,10H,7-9H2,1-2H3,(H,17,20)(H,18,22)/t16-/m1/s1. The number of imide groups is 1. The summed E-state index contributed by atoms with van der Waals surface area (Å²) < 4.78 is 5.56. The van der Waals surface area contributed by atoms with Crippen LogP contribution in [-0.2, 0) is 15.1 Å². The lowest BCUT2D eigenvalue weighted by molar-refractivity contribution is -0.136. The molecule has 1 saturated heterocycles. The lowest BCUT2D eigenvalue weighted by atomic mass is 9.84. The van der Waals surface area contributed by atoms with Gasteiger partial charge in [-0.05, 0) is 19.9 Å². The molecule has 3 rings (SSSR count). The Hall–Kier alpha value is -2.57. The number of ether oxygens (including phenoxy) is 1. The van der Waals surface area contributed by atoms with Crippen molar-refractivity contribution in [3.63, 3.8) is 0 Å². The van der Waals surface area contributed by atoms with Crippen LogP contribution in [0.1, 0.15) is 25.8 Å². The van der Waals surface area contributed by atoms with E-state index in [4.69, 9.17) is 4.74 Å². The number of nitrogens with one attached hydrogen (secondary N) is 2. The fourth-order valence-corrected chi connectivity index (χ4v) is 3.03. The minimum Gasteiger partial charge on any atom is -0.493 e. The summed E-state index contributed by atoms with van der Waals surface area (Å²) >= 11 is 0. The summed E-state index contributed by atoms with van der Waals surface area (Å²) in [7, 11) is 0. The molecule has 7 nitrogen and oxygen atoms in total. The molecule has 0 radical (unpaired) electrons. The third kappa shape index (κ3) is 2.52. The van der Waals surface area contributed by atoms with Crippen molar-refractivity contribution < 1.29 is 19.1 Å². The highest BCUT2D eigenvalue weighted by Gasteiger charge is 2.55. The summed E-state index contributed by atoms with van der Waals surface area (Å²) in [6.07, 6.45) is 0.344. The van der Waals surface area contributed by atoms with E-state index < -0.39 is 17.5 Å². The third-order valence-corrected chi connectivity index (χ3v) is 4.01. The Kier molecular flexibility index (Phi) is 3.71. The van der Waals surface area contributed by atoms with Crippen LogP contribution in [0.4, 0.5) is 4.79 Å². The maximum atomic E-state index is 12.9. The first-order valence-electron chi connectivity index (χ1n) is 7.60. The first-order valence-corrected chi connectivity index (χ1v) is 7.60.